The van der Waals surface area contributed by atoms with Gasteiger partial charge in [-0.05, 0) is 6.26 Å². The summed E-state index contributed by atoms with van der Waals surface area (Å²) in [6.45, 7) is 0.528. The average molecular weight is 304 g/mol. The van der Waals surface area contributed by atoms with Crippen LogP contribution in [0.4, 0.5) is 11.4 Å². The van der Waals surface area contributed by atoms with Gasteiger partial charge in [-0.25, -0.2) is 0 Å². The molecule has 1 aromatic carbocycles. The van der Waals surface area contributed by atoms with Gasteiger partial charge in [0, 0.05) is 31.5 Å². The molecule has 0 spiro atoms. The molecule has 0 saturated heterocycles. The number of hydrogen-bond acceptors (Lipinski definition) is 5. The van der Waals surface area contributed by atoms with Gasteiger partial charge in [0.15, 0.2) is 0 Å². The first-order valence-corrected chi connectivity index (χ1v) is 7.13. The van der Waals surface area contributed by atoms with Gasteiger partial charge in [0.1, 0.15) is 0 Å². The number of amides is 1. The number of hydrogen-bond donors (Lipinski definition) is 1. The van der Waals surface area contributed by atoms with Crippen molar-refractivity contribution in [3.05, 3.63) is 32.8 Å². The summed E-state index contributed by atoms with van der Waals surface area (Å²) < 4.78 is 0. The monoisotopic (exact) mass is 303 g/mol. The molecule has 1 rings (SSSR count). The average Bonchev–Trinajstić information content (AvgIpc) is 2.37. The highest BCUT2D eigenvalue weighted by Gasteiger charge is 2.21. The van der Waals surface area contributed by atoms with Gasteiger partial charge in [0.05, 0.1) is 21.2 Å². The number of nitrogens with two attached hydrogens (primary N) is 1. The smallest absolute Gasteiger partial charge is 0.271 e. The van der Waals surface area contributed by atoms with Gasteiger partial charge in [-0.2, -0.15) is 11.8 Å². The molecule has 104 valence electrons. The van der Waals surface area contributed by atoms with Crippen molar-refractivity contribution >= 4 is 40.6 Å². The summed E-state index contributed by atoms with van der Waals surface area (Å²) in [4.78, 5) is 23.8. The van der Waals surface area contributed by atoms with Crippen LogP contribution < -0.4 is 5.73 Å². The Kier molecular flexibility index (Phi) is 5.44. The number of benzene rings is 1. The largest absolute Gasteiger partial charge is 0.397 e. The summed E-state index contributed by atoms with van der Waals surface area (Å²) in [5.41, 5.74) is 5.58. The molecule has 19 heavy (non-hydrogen) atoms. The number of thioether (sulfide) groups is 1. The zero-order chi connectivity index (χ0) is 14.6. The molecular weight excluding hydrogens is 290 g/mol. The highest BCUT2D eigenvalue weighted by molar-refractivity contribution is 7.98. The minimum absolute atomic E-state index is 0.0100. The summed E-state index contributed by atoms with van der Waals surface area (Å²) in [7, 11) is 1.62. The SMILES string of the molecule is CSCCN(C)C(=O)c1cc([N+](=O)[O-])cc(Cl)c1N. The fourth-order valence-electron chi connectivity index (χ4n) is 1.42. The van der Waals surface area contributed by atoms with Crippen molar-refractivity contribution in [2.45, 2.75) is 0 Å². The molecule has 6 nitrogen and oxygen atoms in total. The van der Waals surface area contributed by atoms with Crippen LogP contribution in [0.1, 0.15) is 10.4 Å². The summed E-state index contributed by atoms with van der Waals surface area (Å²) in [6.07, 6.45) is 1.93. The van der Waals surface area contributed by atoms with Gasteiger partial charge in [-0.15, -0.1) is 0 Å². The molecule has 1 aromatic rings. The topological polar surface area (TPSA) is 89.5 Å². The number of nitro benzene ring substituents is 1. The van der Waals surface area contributed by atoms with E-state index < -0.39 is 4.92 Å². The molecular formula is C11H14ClN3O3S. The van der Waals surface area contributed by atoms with E-state index in [1.165, 1.54) is 4.90 Å². The molecule has 0 aliphatic heterocycles. The Hall–Kier alpha value is -1.47. The molecule has 0 atom stereocenters. The number of rotatable bonds is 5. The molecule has 0 bridgehead atoms. The Morgan fingerprint density at radius 1 is 1.58 bits per heavy atom. The number of halogens is 1. The van der Waals surface area contributed by atoms with E-state index in [9.17, 15) is 14.9 Å². The van der Waals surface area contributed by atoms with Crippen molar-refractivity contribution in [2.75, 3.05) is 31.3 Å². The second-order valence-electron chi connectivity index (χ2n) is 3.87. The van der Waals surface area contributed by atoms with Crippen LogP contribution in [0, 0.1) is 10.1 Å². The van der Waals surface area contributed by atoms with Crippen LogP contribution in [0.25, 0.3) is 0 Å². The Bertz CT molecular complexity index is 510. The van der Waals surface area contributed by atoms with Crippen LogP contribution in [-0.2, 0) is 0 Å². The molecule has 0 aliphatic carbocycles. The number of nitrogens with zero attached hydrogens (tertiary/aromatic N) is 2. The molecule has 2 N–H and O–H groups in total. The highest BCUT2D eigenvalue weighted by Crippen LogP contribution is 2.29. The lowest BCUT2D eigenvalue weighted by molar-refractivity contribution is -0.384. The lowest BCUT2D eigenvalue weighted by Gasteiger charge is -2.17. The zero-order valence-corrected chi connectivity index (χ0v) is 12.1. The fraction of sp³-hybridized carbons (Fsp3) is 0.364. The van der Waals surface area contributed by atoms with Crippen molar-refractivity contribution in [3.63, 3.8) is 0 Å². The van der Waals surface area contributed by atoms with Crippen molar-refractivity contribution in [3.8, 4) is 0 Å². The first-order valence-electron chi connectivity index (χ1n) is 5.36. The molecule has 0 radical (unpaired) electrons. The number of nitro groups is 1. The van der Waals surface area contributed by atoms with E-state index in [4.69, 9.17) is 17.3 Å². The number of carbonyl (C=O) groups excluding carboxylic acids is 1. The molecule has 0 unspecified atom stereocenters. The Balaban J connectivity index is 3.11. The number of anilines is 1. The third kappa shape index (κ3) is 3.74. The van der Waals surface area contributed by atoms with E-state index in [-0.39, 0.29) is 27.9 Å². The summed E-state index contributed by atoms with van der Waals surface area (Å²) in [5.74, 6) is 0.391. The summed E-state index contributed by atoms with van der Waals surface area (Å²) >= 11 is 7.41. The maximum atomic E-state index is 12.2. The van der Waals surface area contributed by atoms with Gasteiger partial charge >= 0.3 is 0 Å². The van der Waals surface area contributed by atoms with Crippen molar-refractivity contribution in [1.29, 1.82) is 0 Å². The van der Waals surface area contributed by atoms with Gasteiger partial charge in [0.2, 0.25) is 0 Å². The second kappa shape index (κ2) is 6.63. The third-order valence-electron chi connectivity index (χ3n) is 2.53. The molecule has 1 amide bonds. The number of carbonyl (C=O) groups is 1. The Morgan fingerprint density at radius 3 is 2.74 bits per heavy atom. The van der Waals surface area contributed by atoms with E-state index >= 15 is 0 Å². The van der Waals surface area contributed by atoms with E-state index in [2.05, 4.69) is 0 Å². The lowest BCUT2D eigenvalue weighted by Crippen LogP contribution is -2.29. The molecule has 0 fully saturated rings. The lowest BCUT2D eigenvalue weighted by atomic mass is 10.1. The first-order chi connectivity index (χ1) is 8.88. The van der Waals surface area contributed by atoms with Crippen molar-refractivity contribution in [1.82, 2.24) is 4.90 Å². The Morgan fingerprint density at radius 2 is 2.21 bits per heavy atom. The number of nitrogen functional groups attached to an aromatic ring is 1. The van der Waals surface area contributed by atoms with Gasteiger partial charge in [-0.3, -0.25) is 14.9 Å². The zero-order valence-electron chi connectivity index (χ0n) is 10.6. The van der Waals surface area contributed by atoms with E-state index in [1.807, 2.05) is 6.26 Å². The summed E-state index contributed by atoms with van der Waals surface area (Å²) in [5, 5.41) is 10.8. The first kappa shape index (κ1) is 15.6. The van der Waals surface area contributed by atoms with Gasteiger partial charge in [0.25, 0.3) is 11.6 Å². The van der Waals surface area contributed by atoms with Gasteiger partial charge in [-0.1, -0.05) is 11.6 Å². The minimum atomic E-state index is -0.607. The van der Waals surface area contributed by atoms with Crippen LogP contribution >= 0.6 is 23.4 Å². The molecule has 0 saturated carbocycles. The molecule has 8 heteroatoms. The molecule has 0 heterocycles. The summed E-state index contributed by atoms with van der Waals surface area (Å²) in [6, 6.07) is 2.29. The maximum Gasteiger partial charge on any atom is 0.271 e. The molecule has 0 aromatic heterocycles. The van der Waals surface area contributed by atoms with E-state index in [0.717, 1.165) is 17.9 Å². The van der Waals surface area contributed by atoms with Crippen molar-refractivity contribution < 1.29 is 9.72 Å². The molecule has 0 aliphatic rings. The normalized spacial score (nSPS) is 10.3. The quantitative estimate of drug-likeness (QED) is 0.512. The maximum absolute atomic E-state index is 12.2. The predicted octanol–water partition coefficient (Wildman–Crippen LogP) is 2.27. The van der Waals surface area contributed by atoms with Crippen LogP contribution in [0.2, 0.25) is 5.02 Å². The van der Waals surface area contributed by atoms with E-state index in [0.29, 0.717) is 6.54 Å². The fourth-order valence-corrected chi connectivity index (χ4v) is 2.09. The predicted molar refractivity (Wildman–Crippen MR) is 77.9 cm³/mol. The minimum Gasteiger partial charge on any atom is -0.397 e. The third-order valence-corrected chi connectivity index (χ3v) is 3.44. The second-order valence-corrected chi connectivity index (χ2v) is 5.26. The van der Waals surface area contributed by atoms with Crippen molar-refractivity contribution in [2.24, 2.45) is 0 Å². The van der Waals surface area contributed by atoms with Crippen LogP contribution in [-0.4, -0.2) is 41.3 Å². The Labute approximate surface area is 120 Å². The van der Waals surface area contributed by atoms with Crippen LogP contribution in [0.5, 0.6) is 0 Å². The number of non-ortho nitro benzene ring substituents is 1. The van der Waals surface area contributed by atoms with Crippen LogP contribution in [0.3, 0.4) is 0 Å². The van der Waals surface area contributed by atoms with Gasteiger partial charge < -0.3 is 10.6 Å². The highest BCUT2D eigenvalue weighted by atomic mass is 35.5. The van der Waals surface area contributed by atoms with E-state index in [1.54, 1.807) is 18.8 Å². The van der Waals surface area contributed by atoms with Crippen LogP contribution in [0.15, 0.2) is 12.1 Å². The standard InChI is InChI=1S/C11H14ClN3O3S/c1-14(3-4-19-2)11(16)8-5-7(15(17)18)6-9(12)10(8)13/h5-6H,3-4,13H2,1-2H3.